The van der Waals surface area contributed by atoms with Crippen LogP contribution in [-0.2, 0) is 19.0 Å². The monoisotopic (exact) mass is 472 g/mol. The Bertz CT molecular complexity index is 874. The largest absolute Gasteiger partial charge is 0.463 e. The molecular formula is C29H44O5. The van der Waals surface area contributed by atoms with Crippen molar-refractivity contribution in [1.29, 1.82) is 0 Å². The Morgan fingerprint density at radius 2 is 1.91 bits per heavy atom. The number of hydrogen-bond acceptors (Lipinski definition) is 5. The average Bonchev–Trinajstić information content (AvgIpc) is 3.23. The Balaban J connectivity index is 1.28. The summed E-state index contributed by atoms with van der Waals surface area (Å²) >= 11 is 0. The number of fused-ring (bicyclic) bond motifs is 7. The van der Waals surface area contributed by atoms with Gasteiger partial charge in [0.15, 0.2) is 5.79 Å². The molecule has 1 N–H and O–H groups in total. The van der Waals surface area contributed by atoms with Gasteiger partial charge in [0.25, 0.3) is 0 Å². The molecule has 5 heteroatoms. The van der Waals surface area contributed by atoms with Gasteiger partial charge < -0.3 is 19.3 Å². The highest BCUT2D eigenvalue weighted by molar-refractivity contribution is 5.66. The van der Waals surface area contributed by atoms with E-state index in [4.69, 9.17) is 14.2 Å². The number of hydrogen-bond donors (Lipinski definition) is 1. The van der Waals surface area contributed by atoms with Crippen molar-refractivity contribution in [3.8, 4) is 0 Å². The predicted octanol–water partition coefficient (Wildman–Crippen LogP) is 5.26. The van der Waals surface area contributed by atoms with Crippen LogP contribution in [0.3, 0.4) is 0 Å². The van der Waals surface area contributed by atoms with Crippen molar-refractivity contribution in [3.05, 3.63) is 11.6 Å². The topological polar surface area (TPSA) is 65.0 Å². The Labute approximate surface area is 205 Å². The van der Waals surface area contributed by atoms with E-state index in [-0.39, 0.29) is 46.9 Å². The van der Waals surface area contributed by atoms with E-state index in [0.29, 0.717) is 23.7 Å². The van der Waals surface area contributed by atoms with Gasteiger partial charge in [0, 0.05) is 30.6 Å². The highest BCUT2D eigenvalue weighted by atomic mass is 16.7. The van der Waals surface area contributed by atoms with Crippen LogP contribution in [0.15, 0.2) is 11.6 Å². The molecule has 34 heavy (non-hydrogen) atoms. The third-order valence-corrected chi connectivity index (χ3v) is 11.7. The number of carbonyl (C=O) groups is 1. The van der Waals surface area contributed by atoms with Gasteiger partial charge in [-0.05, 0) is 74.0 Å². The smallest absolute Gasteiger partial charge is 0.302 e. The molecule has 2 heterocycles. The van der Waals surface area contributed by atoms with Crippen LogP contribution in [0, 0.1) is 46.3 Å². The quantitative estimate of drug-likeness (QED) is 0.417. The molecule has 1 spiro atoms. The van der Waals surface area contributed by atoms with E-state index < -0.39 is 5.79 Å². The molecule has 1 unspecified atom stereocenters. The SMILES string of the molecule is CC(=O)O[C@H]1CC[C@@]2(C)C(CC[C@H]3C4=C[C@@H]5O[C@]6(CC[C@H](C)CO6)[C@@H](C)[C@@H]5[C@@]4(C)[C@H](O)C[C@@H]32)C1. The minimum atomic E-state index is -0.470. The van der Waals surface area contributed by atoms with Gasteiger partial charge in [-0.25, -0.2) is 0 Å². The van der Waals surface area contributed by atoms with Crippen LogP contribution in [0.25, 0.3) is 0 Å². The summed E-state index contributed by atoms with van der Waals surface area (Å²) in [6.45, 7) is 11.7. The summed E-state index contributed by atoms with van der Waals surface area (Å²) in [5.74, 6) is 2.13. The normalized spacial score (nSPS) is 56.2. The van der Waals surface area contributed by atoms with E-state index in [1.54, 1.807) is 0 Å². The van der Waals surface area contributed by atoms with Crippen LogP contribution in [-0.4, -0.2) is 41.8 Å². The van der Waals surface area contributed by atoms with Crippen molar-refractivity contribution < 1.29 is 24.1 Å². The Morgan fingerprint density at radius 1 is 1.12 bits per heavy atom. The van der Waals surface area contributed by atoms with E-state index in [1.807, 2.05) is 0 Å². The van der Waals surface area contributed by atoms with Gasteiger partial charge in [-0.3, -0.25) is 4.79 Å². The van der Waals surface area contributed by atoms with Crippen LogP contribution < -0.4 is 0 Å². The second kappa shape index (κ2) is 7.79. The summed E-state index contributed by atoms with van der Waals surface area (Å²) in [6.07, 6.45) is 10.6. The van der Waals surface area contributed by atoms with Crippen molar-refractivity contribution in [3.63, 3.8) is 0 Å². The summed E-state index contributed by atoms with van der Waals surface area (Å²) in [5, 5.41) is 11.8. The summed E-state index contributed by atoms with van der Waals surface area (Å²) in [7, 11) is 0. The molecule has 2 aliphatic heterocycles. The van der Waals surface area contributed by atoms with Gasteiger partial charge in [0.1, 0.15) is 6.10 Å². The van der Waals surface area contributed by atoms with E-state index >= 15 is 0 Å². The Kier molecular flexibility index (Phi) is 5.38. The van der Waals surface area contributed by atoms with E-state index in [2.05, 4.69) is 33.8 Å². The average molecular weight is 473 g/mol. The lowest BCUT2D eigenvalue weighted by atomic mass is 9.45. The van der Waals surface area contributed by atoms with Crippen LogP contribution in [0.4, 0.5) is 0 Å². The molecule has 0 bridgehead atoms. The van der Waals surface area contributed by atoms with Crippen LogP contribution in [0.2, 0.25) is 0 Å². The van der Waals surface area contributed by atoms with Gasteiger partial charge in [-0.15, -0.1) is 0 Å². The van der Waals surface area contributed by atoms with Gasteiger partial charge in [-0.1, -0.05) is 39.3 Å². The van der Waals surface area contributed by atoms with Gasteiger partial charge in [-0.2, -0.15) is 0 Å². The first-order valence-corrected chi connectivity index (χ1v) is 14.0. The highest BCUT2D eigenvalue weighted by Crippen LogP contribution is 2.69. The highest BCUT2D eigenvalue weighted by Gasteiger charge is 2.68. The van der Waals surface area contributed by atoms with E-state index in [1.165, 1.54) is 25.3 Å². The fourth-order valence-corrected chi connectivity index (χ4v) is 9.78. The zero-order chi connectivity index (χ0) is 24.0. The zero-order valence-electron chi connectivity index (χ0n) is 21.7. The molecule has 0 aromatic carbocycles. The predicted molar refractivity (Wildman–Crippen MR) is 129 cm³/mol. The summed E-state index contributed by atoms with van der Waals surface area (Å²) in [6, 6.07) is 0. The lowest BCUT2D eigenvalue weighted by Crippen LogP contribution is -2.57. The van der Waals surface area contributed by atoms with Crippen molar-refractivity contribution >= 4 is 5.97 Å². The first-order chi connectivity index (χ1) is 16.1. The number of aliphatic hydroxyl groups is 1. The third-order valence-electron chi connectivity index (χ3n) is 11.7. The van der Waals surface area contributed by atoms with Gasteiger partial charge in [0.2, 0.25) is 0 Å². The number of carbonyl (C=O) groups excluding carboxylic acids is 1. The van der Waals surface area contributed by atoms with Crippen molar-refractivity contribution in [2.24, 2.45) is 46.3 Å². The molecule has 4 aliphatic carbocycles. The maximum atomic E-state index is 11.8. The van der Waals surface area contributed by atoms with Gasteiger partial charge in [0.05, 0.1) is 18.8 Å². The van der Waals surface area contributed by atoms with E-state index in [9.17, 15) is 9.90 Å². The van der Waals surface area contributed by atoms with Crippen molar-refractivity contribution in [2.75, 3.05) is 6.61 Å². The molecule has 12 atom stereocenters. The first-order valence-electron chi connectivity index (χ1n) is 14.0. The molecule has 2 saturated heterocycles. The van der Waals surface area contributed by atoms with Gasteiger partial charge >= 0.3 is 5.97 Å². The lowest BCUT2D eigenvalue weighted by Gasteiger charge is -2.61. The molecule has 5 fully saturated rings. The second-order valence-corrected chi connectivity index (χ2v) is 13.3. The fraction of sp³-hybridized carbons (Fsp3) is 0.897. The summed E-state index contributed by atoms with van der Waals surface area (Å²) in [5.41, 5.74) is 1.47. The minimum Gasteiger partial charge on any atom is -0.463 e. The number of aliphatic hydroxyl groups excluding tert-OH is 1. The Morgan fingerprint density at radius 3 is 2.62 bits per heavy atom. The molecule has 3 saturated carbocycles. The summed E-state index contributed by atoms with van der Waals surface area (Å²) < 4.78 is 18.8. The summed E-state index contributed by atoms with van der Waals surface area (Å²) in [4.78, 5) is 11.5. The van der Waals surface area contributed by atoms with Crippen molar-refractivity contribution in [2.45, 2.75) is 110 Å². The maximum Gasteiger partial charge on any atom is 0.302 e. The molecule has 6 aliphatic rings. The molecule has 6 rings (SSSR count). The second-order valence-electron chi connectivity index (χ2n) is 13.3. The molecule has 0 aromatic heterocycles. The number of esters is 1. The Hall–Kier alpha value is -0.910. The third kappa shape index (κ3) is 3.11. The lowest BCUT2D eigenvalue weighted by molar-refractivity contribution is -0.265. The number of rotatable bonds is 1. The van der Waals surface area contributed by atoms with Crippen LogP contribution >= 0.6 is 0 Å². The molecule has 5 nitrogen and oxygen atoms in total. The molecule has 0 aromatic rings. The number of ether oxygens (including phenoxy) is 3. The first kappa shape index (κ1) is 23.5. The molecule has 0 amide bonds. The molecular weight excluding hydrogens is 428 g/mol. The fourth-order valence-electron chi connectivity index (χ4n) is 9.78. The van der Waals surface area contributed by atoms with Crippen LogP contribution in [0.5, 0.6) is 0 Å². The van der Waals surface area contributed by atoms with E-state index in [0.717, 1.165) is 45.1 Å². The zero-order valence-corrected chi connectivity index (χ0v) is 21.7. The molecule has 0 radical (unpaired) electrons. The van der Waals surface area contributed by atoms with Crippen molar-refractivity contribution in [1.82, 2.24) is 0 Å². The van der Waals surface area contributed by atoms with Crippen LogP contribution in [0.1, 0.15) is 86.0 Å². The maximum absolute atomic E-state index is 11.8. The molecule has 190 valence electrons. The minimum absolute atomic E-state index is 0.0574. The standard InChI is InChI=1S/C29H44O5/c1-16-8-11-29(32-15-16)17(2)26-24(34-29)13-23-21-7-6-19-12-20(33-18(3)30)9-10-27(19,4)22(21)14-25(31)28(23,26)5/h13,16-17,19-22,24-26,31H,6-12,14-15H2,1-5H3/t16-,17-,19?,20-,21+,22-,24-,25+,26-,27-,28+,29+/m0/s1.